The van der Waals surface area contributed by atoms with Gasteiger partial charge in [-0.05, 0) is 29.8 Å². The van der Waals surface area contributed by atoms with Crippen LogP contribution in [0.1, 0.15) is 12.0 Å². The molecule has 0 aliphatic carbocycles. The SMILES string of the molecule is O=C(CC(F)(F)F)N1CCN(Cc2ccnc(Nc3nc4ccc(-c5cnc(Cl)cn5)cc4[nH]3)c2)CC1. The van der Waals surface area contributed by atoms with E-state index in [9.17, 15) is 18.0 Å². The van der Waals surface area contributed by atoms with Gasteiger partial charge >= 0.3 is 6.18 Å². The number of imidazole rings is 1. The fourth-order valence-electron chi connectivity index (χ4n) is 4.15. The average molecular weight is 531 g/mol. The van der Waals surface area contributed by atoms with Crippen LogP contribution in [0.3, 0.4) is 0 Å². The first kappa shape index (κ1) is 24.9. The lowest BCUT2D eigenvalue weighted by molar-refractivity contribution is -0.162. The average Bonchev–Trinajstić information content (AvgIpc) is 3.25. The molecule has 1 amide bonds. The number of H-pyrrole nitrogens is 1. The van der Waals surface area contributed by atoms with E-state index in [0.29, 0.717) is 42.2 Å². The number of benzene rings is 1. The zero-order valence-electron chi connectivity index (χ0n) is 19.5. The number of fused-ring (bicyclic) bond motifs is 1. The maximum Gasteiger partial charge on any atom is 0.397 e. The maximum atomic E-state index is 12.5. The molecule has 1 fully saturated rings. The third-order valence-corrected chi connectivity index (χ3v) is 6.15. The van der Waals surface area contributed by atoms with Gasteiger partial charge in [0.25, 0.3) is 0 Å². The van der Waals surface area contributed by atoms with E-state index in [4.69, 9.17) is 11.6 Å². The number of hydrogen-bond donors (Lipinski definition) is 2. The monoisotopic (exact) mass is 530 g/mol. The summed E-state index contributed by atoms with van der Waals surface area (Å²) in [6.07, 6.45) is -1.12. The molecule has 4 aromatic rings. The van der Waals surface area contributed by atoms with E-state index in [2.05, 4.69) is 35.1 Å². The topological polar surface area (TPSA) is 103 Å². The Morgan fingerprint density at radius 1 is 1.05 bits per heavy atom. The molecular formula is C24H22ClF3N8O. The van der Waals surface area contributed by atoms with Crippen molar-refractivity contribution in [1.29, 1.82) is 0 Å². The molecule has 1 aliphatic rings. The predicted octanol–water partition coefficient (Wildman–Crippen LogP) is 4.41. The summed E-state index contributed by atoms with van der Waals surface area (Å²) in [6, 6.07) is 9.48. The molecule has 37 heavy (non-hydrogen) atoms. The number of pyridine rings is 1. The van der Waals surface area contributed by atoms with Crippen molar-refractivity contribution in [1.82, 2.24) is 34.7 Å². The fraction of sp³-hybridized carbons (Fsp3) is 0.292. The molecule has 1 aromatic carbocycles. The van der Waals surface area contributed by atoms with Crippen molar-refractivity contribution in [2.75, 3.05) is 31.5 Å². The van der Waals surface area contributed by atoms with E-state index in [1.807, 2.05) is 30.3 Å². The van der Waals surface area contributed by atoms with Gasteiger partial charge in [-0.3, -0.25) is 14.7 Å². The van der Waals surface area contributed by atoms with Gasteiger partial charge in [-0.2, -0.15) is 13.2 Å². The van der Waals surface area contributed by atoms with Crippen LogP contribution in [-0.2, 0) is 11.3 Å². The number of rotatable bonds is 6. The number of anilines is 2. The number of amides is 1. The van der Waals surface area contributed by atoms with Crippen molar-refractivity contribution in [2.24, 2.45) is 0 Å². The van der Waals surface area contributed by atoms with Gasteiger partial charge < -0.3 is 15.2 Å². The molecule has 9 nitrogen and oxygen atoms in total. The minimum absolute atomic E-state index is 0.272. The van der Waals surface area contributed by atoms with Crippen LogP contribution >= 0.6 is 11.6 Å². The highest BCUT2D eigenvalue weighted by Crippen LogP contribution is 2.25. The Morgan fingerprint density at radius 3 is 2.59 bits per heavy atom. The molecule has 0 atom stereocenters. The zero-order valence-corrected chi connectivity index (χ0v) is 20.2. The Hall–Kier alpha value is -3.77. The van der Waals surface area contributed by atoms with Crippen LogP contribution < -0.4 is 5.32 Å². The summed E-state index contributed by atoms with van der Waals surface area (Å²) in [5.74, 6) is 0.247. The molecule has 0 bridgehead atoms. The van der Waals surface area contributed by atoms with Gasteiger partial charge in [0.05, 0.1) is 29.1 Å². The van der Waals surface area contributed by atoms with E-state index in [-0.39, 0.29) is 13.1 Å². The molecule has 3 aromatic heterocycles. The van der Waals surface area contributed by atoms with E-state index in [1.54, 1.807) is 12.4 Å². The molecular weight excluding hydrogens is 509 g/mol. The third kappa shape index (κ3) is 6.33. The summed E-state index contributed by atoms with van der Waals surface area (Å²) in [6.45, 7) is 2.13. The fourth-order valence-corrected chi connectivity index (χ4v) is 4.25. The first-order chi connectivity index (χ1) is 17.7. The molecule has 192 valence electrons. The van der Waals surface area contributed by atoms with Crippen LogP contribution in [0.25, 0.3) is 22.3 Å². The number of aromatic amines is 1. The molecule has 2 N–H and O–H groups in total. The zero-order chi connectivity index (χ0) is 26.0. The number of carbonyl (C=O) groups excluding carboxylic acids is 1. The van der Waals surface area contributed by atoms with Crippen LogP contribution in [0.15, 0.2) is 48.9 Å². The molecule has 0 saturated carbocycles. The normalized spacial score (nSPS) is 14.8. The second-order valence-corrected chi connectivity index (χ2v) is 9.05. The maximum absolute atomic E-state index is 12.5. The Kier molecular flexibility index (Phi) is 6.94. The van der Waals surface area contributed by atoms with Crippen molar-refractivity contribution in [3.8, 4) is 11.3 Å². The molecule has 1 saturated heterocycles. The number of nitrogens with zero attached hydrogens (tertiary/aromatic N) is 6. The molecule has 0 radical (unpaired) electrons. The van der Waals surface area contributed by atoms with Gasteiger partial charge in [0, 0.05) is 44.5 Å². The van der Waals surface area contributed by atoms with Crippen LogP contribution in [-0.4, -0.2) is 73.0 Å². The first-order valence-corrected chi connectivity index (χ1v) is 11.9. The molecule has 5 rings (SSSR count). The number of aromatic nitrogens is 5. The van der Waals surface area contributed by atoms with Gasteiger partial charge in [-0.1, -0.05) is 17.7 Å². The van der Waals surface area contributed by atoms with Crippen molar-refractivity contribution >= 4 is 40.3 Å². The number of piperazine rings is 1. The largest absolute Gasteiger partial charge is 0.397 e. The number of halogens is 4. The van der Waals surface area contributed by atoms with Crippen molar-refractivity contribution < 1.29 is 18.0 Å². The molecule has 1 aliphatic heterocycles. The highest BCUT2D eigenvalue weighted by Gasteiger charge is 2.34. The molecule has 0 unspecified atom stereocenters. The molecule has 0 spiro atoms. The van der Waals surface area contributed by atoms with Gasteiger partial charge in [0.2, 0.25) is 11.9 Å². The van der Waals surface area contributed by atoms with Crippen molar-refractivity contribution in [3.63, 3.8) is 0 Å². The van der Waals surface area contributed by atoms with E-state index >= 15 is 0 Å². The number of carbonyl (C=O) groups is 1. The highest BCUT2D eigenvalue weighted by molar-refractivity contribution is 6.29. The van der Waals surface area contributed by atoms with Gasteiger partial charge in [-0.15, -0.1) is 0 Å². The van der Waals surface area contributed by atoms with E-state index < -0.39 is 18.5 Å². The van der Waals surface area contributed by atoms with Crippen LogP contribution in [0.4, 0.5) is 24.9 Å². The van der Waals surface area contributed by atoms with E-state index in [0.717, 1.165) is 22.2 Å². The summed E-state index contributed by atoms with van der Waals surface area (Å²) in [7, 11) is 0. The summed E-state index contributed by atoms with van der Waals surface area (Å²) < 4.78 is 37.5. The lowest BCUT2D eigenvalue weighted by Gasteiger charge is -2.35. The van der Waals surface area contributed by atoms with Crippen LogP contribution in [0, 0.1) is 0 Å². The van der Waals surface area contributed by atoms with Crippen molar-refractivity contribution in [3.05, 3.63) is 59.6 Å². The predicted molar refractivity (Wildman–Crippen MR) is 132 cm³/mol. The highest BCUT2D eigenvalue weighted by atomic mass is 35.5. The Bertz CT molecular complexity index is 1400. The van der Waals surface area contributed by atoms with Gasteiger partial charge in [0.15, 0.2) is 0 Å². The quantitative estimate of drug-likeness (QED) is 0.380. The minimum Gasteiger partial charge on any atom is -0.340 e. The van der Waals surface area contributed by atoms with Crippen LogP contribution in [0.2, 0.25) is 5.15 Å². The first-order valence-electron chi connectivity index (χ1n) is 11.5. The molecule has 4 heterocycles. The smallest absolute Gasteiger partial charge is 0.340 e. The summed E-state index contributed by atoms with van der Waals surface area (Å²) >= 11 is 5.82. The minimum atomic E-state index is -4.48. The summed E-state index contributed by atoms with van der Waals surface area (Å²) in [5, 5.41) is 3.51. The second kappa shape index (κ2) is 10.3. The van der Waals surface area contributed by atoms with E-state index in [1.165, 1.54) is 11.1 Å². The van der Waals surface area contributed by atoms with Crippen molar-refractivity contribution in [2.45, 2.75) is 19.1 Å². The lowest BCUT2D eigenvalue weighted by atomic mass is 10.1. The molecule has 13 heteroatoms. The third-order valence-electron chi connectivity index (χ3n) is 5.95. The Balaban J connectivity index is 1.21. The summed E-state index contributed by atoms with van der Waals surface area (Å²) in [4.78, 5) is 35.7. The second-order valence-electron chi connectivity index (χ2n) is 8.66. The lowest BCUT2D eigenvalue weighted by Crippen LogP contribution is -2.49. The number of hydrogen-bond acceptors (Lipinski definition) is 7. The Labute approximate surface area is 214 Å². The Morgan fingerprint density at radius 2 is 1.86 bits per heavy atom. The van der Waals surface area contributed by atoms with Gasteiger partial charge in [0.1, 0.15) is 17.4 Å². The van der Waals surface area contributed by atoms with Gasteiger partial charge in [-0.25, -0.2) is 15.0 Å². The number of alkyl halides is 3. The standard InChI is InChI=1S/C24H22ClF3N8O/c25-20-13-30-19(12-31-20)16-1-2-17-18(10-16)33-23(32-17)34-21-9-15(3-4-29-21)14-35-5-7-36(8-6-35)22(37)11-24(26,27)28/h1-4,9-10,12-13H,5-8,11,14H2,(H2,29,32,33,34). The summed E-state index contributed by atoms with van der Waals surface area (Å²) in [5.41, 5.74) is 4.11. The van der Waals surface area contributed by atoms with Crippen LogP contribution in [0.5, 0.6) is 0 Å². The number of nitrogens with one attached hydrogen (secondary N) is 2.